The van der Waals surface area contributed by atoms with Crippen LogP contribution in [0.4, 0.5) is 0 Å². The Morgan fingerprint density at radius 1 is 0.973 bits per heavy atom. The molecule has 3 N–H and O–H groups in total. The maximum Gasteiger partial charge on any atom is 0.181 e. The van der Waals surface area contributed by atoms with Gasteiger partial charge in [0, 0.05) is 30.8 Å². The van der Waals surface area contributed by atoms with Crippen LogP contribution in [0.1, 0.15) is 88.8 Å². The van der Waals surface area contributed by atoms with Crippen molar-refractivity contribution < 1.29 is 19.5 Å². The summed E-state index contributed by atoms with van der Waals surface area (Å²) in [6, 6.07) is 11.0. The summed E-state index contributed by atoms with van der Waals surface area (Å²) in [5, 5.41) is 23.0. The fraction of sp³-hybridized carbons (Fsp3) is 0.600. The lowest BCUT2D eigenvalue weighted by atomic mass is 9.89. The van der Waals surface area contributed by atoms with E-state index in [1.54, 1.807) is 24.3 Å². The third kappa shape index (κ3) is 8.36. The van der Waals surface area contributed by atoms with Gasteiger partial charge in [-0.2, -0.15) is 0 Å². The molecule has 1 aliphatic rings. The minimum Gasteiger partial charge on any atom is -0.593 e. The van der Waals surface area contributed by atoms with E-state index in [0.717, 1.165) is 37.4 Å². The zero-order valence-electron chi connectivity index (χ0n) is 23.4. The molecule has 2 atom stereocenters. The van der Waals surface area contributed by atoms with E-state index in [1.165, 1.54) is 16.7 Å². The predicted octanol–water partition coefficient (Wildman–Crippen LogP) is 5.53. The topological polar surface area (TPSA) is 88.0 Å². The summed E-state index contributed by atoms with van der Waals surface area (Å²) in [7, 11) is 0. The molecule has 7 heteroatoms. The van der Waals surface area contributed by atoms with Gasteiger partial charge < -0.3 is 24.8 Å². The summed E-state index contributed by atoms with van der Waals surface area (Å²) in [6.45, 7) is 16.4. The summed E-state index contributed by atoms with van der Waals surface area (Å²) < 4.78 is 21.6. The lowest BCUT2D eigenvalue weighted by Gasteiger charge is -2.34. The molecule has 2 aromatic rings. The van der Waals surface area contributed by atoms with Gasteiger partial charge >= 0.3 is 0 Å². The highest BCUT2D eigenvalue weighted by atomic mass is 32.2. The van der Waals surface area contributed by atoms with Gasteiger partial charge in [-0.05, 0) is 72.9 Å². The monoisotopic (exact) mass is 530 g/mol. The Hall–Kier alpha value is -1.77. The van der Waals surface area contributed by atoms with E-state index in [4.69, 9.17) is 4.74 Å². The first-order valence-electron chi connectivity index (χ1n) is 13.7. The van der Waals surface area contributed by atoms with Crippen LogP contribution in [0.3, 0.4) is 0 Å². The maximum atomic E-state index is 13.9. The molecule has 0 aliphatic carbocycles. The first kappa shape index (κ1) is 29.8. The van der Waals surface area contributed by atoms with Gasteiger partial charge in [0.25, 0.3) is 0 Å². The second-order valence-electron chi connectivity index (χ2n) is 11.2. The van der Waals surface area contributed by atoms with Crippen LogP contribution in [0.2, 0.25) is 0 Å². The molecule has 1 aliphatic heterocycles. The van der Waals surface area contributed by atoms with E-state index in [1.807, 2.05) is 0 Å². The van der Waals surface area contributed by atoms with Gasteiger partial charge in [-0.25, -0.2) is 0 Å². The number of phenols is 1. The molecule has 0 bridgehead atoms. The molecule has 1 unspecified atom stereocenters. The Bertz CT molecular complexity index is 943. The highest BCUT2D eigenvalue weighted by Gasteiger charge is 2.33. The van der Waals surface area contributed by atoms with Crippen LogP contribution in [0.15, 0.2) is 41.3 Å². The zero-order chi connectivity index (χ0) is 27.1. The van der Waals surface area contributed by atoms with Gasteiger partial charge in [-0.1, -0.05) is 53.7 Å². The highest BCUT2D eigenvalue weighted by molar-refractivity contribution is 7.89. The van der Waals surface area contributed by atoms with E-state index in [0.29, 0.717) is 36.0 Å². The van der Waals surface area contributed by atoms with Crippen LogP contribution < -0.4 is 10.1 Å². The quantitative estimate of drug-likeness (QED) is 0.313. The Labute approximate surface area is 226 Å². The van der Waals surface area contributed by atoms with Crippen molar-refractivity contribution in [2.75, 3.05) is 32.8 Å². The largest absolute Gasteiger partial charge is 0.593 e. The molecule has 0 aromatic heterocycles. The molecular weight excluding hydrogens is 484 g/mol. The number of aromatic hydroxyl groups is 1. The fourth-order valence-corrected chi connectivity index (χ4v) is 6.54. The fourth-order valence-electron chi connectivity index (χ4n) is 4.75. The summed E-state index contributed by atoms with van der Waals surface area (Å²) in [6.07, 6.45) is 1.35. The number of rotatable bonds is 12. The Morgan fingerprint density at radius 2 is 1.54 bits per heavy atom. The van der Waals surface area contributed by atoms with Crippen LogP contribution in [0, 0.1) is 5.92 Å². The SMILES string of the molecule is CC(C)c1cc(C(C)C)c([S+]([O-])N2CCC(CNC[C@@H](O)COc3ccc(O)cc3)CC2)c(C(C)C)c1. The third-order valence-electron chi connectivity index (χ3n) is 7.15. The van der Waals surface area contributed by atoms with Gasteiger partial charge in [-0.15, -0.1) is 4.31 Å². The first-order chi connectivity index (χ1) is 17.6. The van der Waals surface area contributed by atoms with Crippen LogP contribution >= 0.6 is 0 Å². The molecule has 6 nitrogen and oxygen atoms in total. The van der Waals surface area contributed by atoms with Crippen LogP contribution in [0.25, 0.3) is 0 Å². The number of aliphatic hydroxyl groups excluding tert-OH is 1. The number of piperidine rings is 1. The van der Waals surface area contributed by atoms with Crippen molar-refractivity contribution in [1.29, 1.82) is 0 Å². The van der Waals surface area contributed by atoms with E-state index in [9.17, 15) is 14.8 Å². The molecule has 1 heterocycles. The van der Waals surface area contributed by atoms with Crippen LogP contribution in [-0.4, -0.2) is 58.0 Å². The maximum absolute atomic E-state index is 13.9. The van der Waals surface area contributed by atoms with Gasteiger partial charge in [0.1, 0.15) is 24.2 Å². The number of hydrogen-bond donors (Lipinski definition) is 3. The minimum absolute atomic E-state index is 0.189. The number of nitrogens with one attached hydrogen (secondary N) is 1. The second kappa shape index (κ2) is 13.9. The molecule has 1 fully saturated rings. The van der Waals surface area contributed by atoms with Crippen LogP contribution in [0.5, 0.6) is 11.5 Å². The van der Waals surface area contributed by atoms with Crippen molar-refractivity contribution >= 4 is 11.4 Å². The molecule has 2 aromatic carbocycles. The Morgan fingerprint density at radius 3 is 2.05 bits per heavy atom. The standard InChI is InChI=1S/C30H46N2O4S/c1-20(2)24-15-28(21(3)4)30(29(16-24)22(5)6)37(35)32-13-11-23(12-14-32)17-31-18-26(34)19-36-27-9-7-25(33)8-10-27/h7-10,15-16,20-23,26,31,33-34H,11-14,17-19H2,1-6H3/t26-,37?/m1/s1. The number of aliphatic hydroxyl groups is 1. The highest BCUT2D eigenvalue weighted by Crippen LogP contribution is 2.37. The Balaban J connectivity index is 1.51. The molecule has 0 amide bonds. The summed E-state index contributed by atoms with van der Waals surface area (Å²) >= 11 is -1.17. The average molecular weight is 531 g/mol. The van der Waals surface area contributed by atoms with Crippen molar-refractivity contribution in [2.45, 2.75) is 83.1 Å². The van der Waals surface area contributed by atoms with Crippen molar-refractivity contribution in [1.82, 2.24) is 9.62 Å². The summed E-state index contributed by atoms with van der Waals surface area (Å²) in [5.74, 6) is 2.39. The van der Waals surface area contributed by atoms with Gasteiger partial charge in [-0.3, -0.25) is 0 Å². The lowest BCUT2D eigenvalue weighted by Crippen LogP contribution is -2.42. The predicted molar refractivity (Wildman–Crippen MR) is 152 cm³/mol. The molecule has 37 heavy (non-hydrogen) atoms. The van der Waals surface area contributed by atoms with Gasteiger partial charge in [0.2, 0.25) is 0 Å². The van der Waals surface area contributed by atoms with Gasteiger partial charge in [0.15, 0.2) is 4.90 Å². The molecule has 3 rings (SSSR count). The minimum atomic E-state index is -1.17. The lowest BCUT2D eigenvalue weighted by molar-refractivity contribution is 0.104. The first-order valence-corrected chi connectivity index (χ1v) is 14.8. The number of benzene rings is 2. The van der Waals surface area contributed by atoms with E-state index < -0.39 is 17.5 Å². The van der Waals surface area contributed by atoms with Crippen LogP contribution in [-0.2, 0) is 11.4 Å². The van der Waals surface area contributed by atoms with Crippen molar-refractivity contribution in [3.05, 3.63) is 53.1 Å². The Kier molecular flexibility index (Phi) is 11.2. The molecule has 1 saturated heterocycles. The molecule has 0 saturated carbocycles. The molecular formula is C30H46N2O4S. The van der Waals surface area contributed by atoms with E-state index >= 15 is 0 Å². The second-order valence-corrected chi connectivity index (χ2v) is 12.7. The van der Waals surface area contributed by atoms with Gasteiger partial charge in [0.05, 0.1) is 11.4 Å². The molecule has 0 radical (unpaired) electrons. The zero-order valence-corrected chi connectivity index (χ0v) is 24.2. The number of ether oxygens (including phenoxy) is 1. The molecule has 0 spiro atoms. The van der Waals surface area contributed by atoms with Crippen molar-refractivity contribution in [2.24, 2.45) is 5.92 Å². The van der Waals surface area contributed by atoms with E-state index in [2.05, 4.69) is 63.3 Å². The summed E-state index contributed by atoms with van der Waals surface area (Å²) in [4.78, 5) is 1.03. The van der Waals surface area contributed by atoms with Crippen molar-refractivity contribution in [3.63, 3.8) is 0 Å². The summed E-state index contributed by atoms with van der Waals surface area (Å²) in [5.41, 5.74) is 3.77. The smallest absolute Gasteiger partial charge is 0.181 e. The number of nitrogens with zero attached hydrogens (tertiary/aromatic N) is 1. The van der Waals surface area contributed by atoms with Crippen molar-refractivity contribution in [3.8, 4) is 11.5 Å². The number of phenolic OH excluding ortho intramolecular Hbond substituents is 1. The van der Waals surface area contributed by atoms with E-state index in [-0.39, 0.29) is 12.4 Å². The molecule has 206 valence electrons. The third-order valence-corrected chi connectivity index (χ3v) is 8.81. The average Bonchev–Trinajstić information content (AvgIpc) is 2.87. The normalized spacial score (nSPS) is 17.1. The number of hydrogen-bond acceptors (Lipinski definition) is 6.